The minimum atomic E-state index is -0.0246. The van der Waals surface area contributed by atoms with Crippen molar-refractivity contribution in [1.29, 1.82) is 0 Å². The second-order valence-electron chi connectivity index (χ2n) is 4.70. The van der Waals surface area contributed by atoms with Crippen LogP contribution in [0.25, 0.3) is 0 Å². The highest BCUT2D eigenvalue weighted by atomic mass is 35.5. The topological polar surface area (TPSA) is 48.5 Å². The molecule has 1 N–H and O–H groups in total. The van der Waals surface area contributed by atoms with Crippen LogP contribution in [-0.2, 0) is 4.79 Å². The molecule has 1 aromatic heterocycles. The molecule has 0 aromatic carbocycles. The van der Waals surface area contributed by atoms with Crippen LogP contribution < -0.4 is 10.2 Å². The maximum Gasteiger partial charge on any atom is 0.241 e. The highest BCUT2D eigenvalue weighted by molar-refractivity contribution is 6.37. The Balaban J connectivity index is 2.95. The van der Waals surface area contributed by atoms with Crippen LogP contribution in [0.1, 0.15) is 13.3 Å². The zero-order chi connectivity index (χ0) is 15.3. The van der Waals surface area contributed by atoms with Crippen molar-refractivity contribution in [1.82, 2.24) is 9.88 Å². The molecule has 1 rings (SSSR count). The molecule has 0 saturated heterocycles. The molecule has 0 aliphatic rings. The number of anilines is 2. The van der Waals surface area contributed by atoms with Crippen molar-refractivity contribution in [2.75, 3.05) is 44.4 Å². The lowest BCUT2D eigenvalue weighted by molar-refractivity contribution is -0.127. The molecule has 1 heterocycles. The number of hydrogen-bond donors (Lipinski definition) is 1. The van der Waals surface area contributed by atoms with Gasteiger partial charge < -0.3 is 15.1 Å². The van der Waals surface area contributed by atoms with E-state index in [0.29, 0.717) is 21.7 Å². The van der Waals surface area contributed by atoms with Gasteiger partial charge in [0.1, 0.15) is 11.6 Å². The second kappa shape index (κ2) is 7.55. The second-order valence-corrected chi connectivity index (χ2v) is 5.51. The number of aromatic nitrogens is 1. The van der Waals surface area contributed by atoms with Crippen LogP contribution in [0.3, 0.4) is 0 Å². The Bertz CT molecular complexity index is 480. The minimum absolute atomic E-state index is 0.0246. The molecule has 0 aliphatic heterocycles. The predicted octanol–water partition coefficient (Wildman–Crippen LogP) is 2.73. The van der Waals surface area contributed by atoms with Crippen LogP contribution in [0, 0.1) is 0 Å². The summed E-state index contributed by atoms with van der Waals surface area (Å²) in [6.07, 6.45) is 0.963. The average molecular weight is 319 g/mol. The third-order valence-corrected chi connectivity index (χ3v) is 3.25. The Kier molecular flexibility index (Phi) is 6.36. The molecule has 0 atom stereocenters. The standard InChI is InChI=1S/C13H20Cl2N4O/c1-5-6-16-12-9(14)7-10(15)13(17-12)19(4)8-11(20)18(2)3/h7H,5-6,8H2,1-4H3,(H,16,17). The quantitative estimate of drug-likeness (QED) is 0.876. The fraction of sp³-hybridized carbons (Fsp3) is 0.538. The summed E-state index contributed by atoms with van der Waals surface area (Å²) in [5.41, 5.74) is 0. The number of carbonyl (C=O) groups excluding carboxylic acids is 1. The highest BCUT2D eigenvalue weighted by Crippen LogP contribution is 2.30. The van der Waals surface area contributed by atoms with E-state index in [2.05, 4.69) is 17.2 Å². The SMILES string of the molecule is CCCNc1nc(N(C)CC(=O)N(C)C)c(Cl)cc1Cl. The molecule has 0 spiro atoms. The molecule has 0 saturated carbocycles. The fourth-order valence-corrected chi connectivity index (χ4v) is 2.08. The summed E-state index contributed by atoms with van der Waals surface area (Å²) in [6.45, 7) is 3.03. The van der Waals surface area contributed by atoms with E-state index in [4.69, 9.17) is 23.2 Å². The number of amides is 1. The van der Waals surface area contributed by atoms with E-state index in [1.54, 1.807) is 32.1 Å². The van der Waals surface area contributed by atoms with Gasteiger partial charge in [0.05, 0.1) is 16.6 Å². The Labute approximate surface area is 129 Å². The van der Waals surface area contributed by atoms with Gasteiger partial charge in [0, 0.05) is 27.7 Å². The Morgan fingerprint density at radius 1 is 1.30 bits per heavy atom. The molecule has 7 heteroatoms. The van der Waals surface area contributed by atoms with Crippen molar-refractivity contribution < 1.29 is 4.79 Å². The molecule has 0 bridgehead atoms. The van der Waals surface area contributed by atoms with Gasteiger partial charge in [-0.1, -0.05) is 30.1 Å². The summed E-state index contributed by atoms with van der Waals surface area (Å²) >= 11 is 12.2. The Morgan fingerprint density at radius 3 is 2.50 bits per heavy atom. The summed E-state index contributed by atoms with van der Waals surface area (Å²) in [5, 5.41) is 4.03. The maximum atomic E-state index is 11.7. The van der Waals surface area contributed by atoms with Crippen LogP contribution in [0.4, 0.5) is 11.6 Å². The molecular weight excluding hydrogens is 299 g/mol. The summed E-state index contributed by atoms with van der Waals surface area (Å²) in [4.78, 5) is 19.4. The number of halogens is 2. The van der Waals surface area contributed by atoms with E-state index in [0.717, 1.165) is 13.0 Å². The molecule has 112 valence electrons. The van der Waals surface area contributed by atoms with Gasteiger partial charge in [0.25, 0.3) is 0 Å². The predicted molar refractivity (Wildman–Crippen MR) is 85.0 cm³/mol. The average Bonchev–Trinajstić information content (AvgIpc) is 2.37. The molecule has 1 aromatic rings. The normalized spacial score (nSPS) is 10.3. The smallest absolute Gasteiger partial charge is 0.241 e. The van der Waals surface area contributed by atoms with Crippen molar-refractivity contribution in [3.63, 3.8) is 0 Å². The zero-order valence-corrected chi connectivity index (χ0v) is 13.7. The number of rotatable bonds is 6. The first-order valence-electron chi connectivity index (χ1n) is 6.38. The molecule has 1 amide bonds. The number of hydrogen-bond acceptors (Lipinski definition) is 4. The van der Waals surface area contributed by atoms with E-state index in [9.17, 15) is 4.79 Å². The van der Waals surface area contributed by atoms with Gasteiger partial charge in [-0.3, -0.25) is 4.79 Å². The summed E-state index contributed by atoms with van der Waals surface area (Å²) in [5.74, 6) is 1.09. The summed E-state index contributed by atoms with van der Waals surface area (Å²) in [6, 6.07) is 1.64. The highest BCUT2D eigenvalue weighted by Gasteiger charge is 2.16. The largest absolute Gasteiger partial charge is 0.369 e. The van der Waals surface area contributed by atoms with Gasteiger partial charge in [-0.2, -0.15) is 0 Å². The lowest BCUT2D eigenvalue weighted by Crippen LogP contribution is -2.34. The third kappa shape index (κ3) is 4.42. The first kappa shape index (κ1) is 16.9. The summed E-state index contributed by atoms with van der Waals surface area (Å²) < 4.78 is 0. The van der Waals surface area contributed by atoms with E-state index >= 15 is 0 Å². The van der Waals surface area contributed by atoms with Crippen molar-refractivity contribution in [3.8, 4) is 0 Å². The van der Waals surface area contributed by atoms with Gasteiger partial charge in [0.15, 0.2) is 0 Å². The third-order valence-electron chi connectivity index (χ3n) is 2.69. The molecule has 0 fully saturated rings. The first-order valence-corrected chi connectivity index (χ1v) is 7.13. The van der Waals surface area contributed by atoms with Crippen molar-refractivity contribution in [3.05, 3.63) is 16.1 Å². The fourth-order valence-electron chi connectivity index (χ4n) is 1.51. The molecule has 0 aliphatic carbocycles. The lowest BCUT2D eigenvalue weighted by atomic mass is 10.3. The lowest BCUT2D eigenvalue weighted by Gasteiger charge is -2.22. The molecular formula is C13H20Cl2N4O. The van der Waals surface area contributed by atoms with Gasteiger partial charge in [-0.05, 0) is 12.5 Å². The van der Waals surface area contributed by atoms with Gasteiger partial charge >= 0.3 is 0 Å². The minimum Gasteiger partial charge on any atom is -0.369 e. The number of carbonyl (C=O) groups is 1. The van der Waals surface area contributed by atoms with Crippen molar-refractivity contribution in [2.24, 2.45) is 0 Å². The first-order chi connectivity index (χ1) is 9.36. The van der Waals surface area contributed by atoms with Crippen LogP contribution in [-0.4, -0.2) is 50.0 Å². The number of nitrogens with zero attached hydrogens (tertiary/aromatic N) is 3. The maximum absolute atomic E-state index is 11.7. The Hall–Kier alpha value is -1.20. The monoisotopic (exact) mass is 318 g/mol. The van der Waals surface area contributed by atoms with Crippen LogP contribution in [0.2, 0.25) is 10.0 Å². The van der Waals surface area contributed by atoms with Crippen LogP contribution in [0.5, 0.6) is 0 Å². The van der Waals surface area contributed by atoms with Crippen LogP contribution >= 0.6 is 23.2 Å². The molecule has 0 radical (unpaired) electrons. The molecule has 0 unspecified atom stereocenters. The van der Waals surface area contributed by atoms with Gasteiger partial charge in [-0.15, -0.1) is 0 Å². The van der Waals surface area contributed by atoms with Gasteiger partial charge in [0.2, 0.25) is 5.91 Å². The summed E-state index contributed by atoms with van der Waals surface area (Å²) in [7, 11) is 5.19. The van der Waals surface area contributed by atoms with Crippen molar-refractivity contribution in [2.45, 2.75) is 13.3 Å². The number of likely N-dealkylation sites (N-methyl/N-ethyl adjacent to an activating group) is 2. The van der Waals surface area contributed by atoms with E-state index in [1.807, 2.05) is 0 Å². The van der Waals surface area contributed by atoms with E-state index < -0.39 is 0 Å². The van der Waals surface area contributed by atoms with Crippen molar-refractivity contribution >= 4 is 40.7 Å². The molecule has 20 heavy (non-hydrogen) atoms. The number of nitrogens with one attached hydrogen (secondary N) is 1. The van der Waals surface area contributed by atoms with E-state index in [-0.39, 0.29) is 12.5 Å². The van der Waals surface area contributed by atoms with Crippen LogP contribution in [0.15, 0.2) is 6.07 Å². The zero-order valence-electron chi connectivity index (χ0n) is 12.2. The Morgan fingerprint density at radius 2 is 1.95 bits per heavy atom. The van der Waals surface area contributed by atoms with E-state index in [1.165, 1.54) is 4.90 Å². The molecule has 5 nitrogen and oxygen atoms in total. The number of pyridine rings is 1. The van der Waals surface area contributed by atoms with Gasteiger partial charge in [-0.25, -0.2) is 4.98 Å².